The zero-order chi connectivity index (χ0) is 89.2. The smallest absolute Gasteiger partial charge is 0.329 e. The molecule has 0 aromatic heterocycles. The number of hydrogen-bond acceptors (Lipinski definition) is 21. The Morgan fingerprint density at radius 1 is 0.653 bits per heavy atom. The van der Waals surface area contributed by atoms with Crippen LogP contribution in [0.5, 0.6) is 5.75 Å². The number of aryl methyl sites for hydroxylation is 2. The van der Waals surface area contributed by atoms with E-state index in [-0.39, 0.29) is 94.5 Å². The lowest BCUT2D eigenvalue weighted by Crippen LogP contribution is -2.64. The maximum absolute atomic E-state index is 15.4. The number of aliphatic hydroxyl groups excluding tert-OH is 1. The van der Waals surface area contributed by atoms with Crippen LogP contribution in [0.25, 0.3) is 0 Å². The standard InChI is InChI=1S/C99H161NO21/c1-18-21-23-25-27-29-31-33-35-37-39-41-43-49-87(103)115-65-78(66-116-88(104)50-44-42-40-38-36-34-32-30-28-26-24-22-19-2)117-95(108)72(9)59-73(10)96(109)119-84-57-69(6)55-70(7)90(84)98(13,14)64-89(105)118-82-63-81(102)77(47-20-3)56-67(4)54-68(5)58-85(113-16)92-86(114-17)61-74(11)99(111,121-92)93(106)94(107)100-53-46-45-48-79(100)97(110)120-91(75(82)12)71(8)60-76-51-52-80(101)83(62-76)112-15/h20,55-57,60,68,72-80,82-83,85-86,91-92,101,111H,3,18-19,21-54,58-59,61-66H2,1-2,4-17H3/b67-56+,71-60+/t68-,72?,73?,74+,75+,76-,77+,79-,80+,82-,83+,85-,86-,91+,92?,99+/m0/s1. The molecule has 1 amide bonds. The number of ether oxygens (including phenoxy) is 10. The van der Waals surface area contributed by atoms with Crippen molar-refractivity contribution in [1.29, 1.82) is 0 Å². The van der Waals surface area contributed by atoms with Crippen LogP contribution in [0.2, 0.25) is 0 Å². The number of rotatable bonds is 49. The van der Waals surface area contributed by atoms with Gasteiger partial charge in [0, 0.05) is 75.9 Å². The van der Waals surface area contributed by atoms with Gasteiger partial charge in [-0.15, -0.1) is 6.58 Å². The number of cyclic esters (lactones) is 1. The maximum Gasteiger partial charge on any atom is 0.329 e. The van der Waals surface area contributed by atoms with E-state index < -0.39 is 143 Å². The van der Waals surface area contributed by atoms with Gasteiger partial charge in [-0.3, -0.25) is 38.4 Å². The highest BCUT2D eigenvalue weighted by atomic mass is 16.7. The van der Waals surface area contributed by atoms with Crippen LogP contribution in [-0.4, -0.2) is 170 Å². The van der Waals surface area contributed by atoms with Gasteiger partial charge in [0.1, 0.15) is 49.1 Å². The van der Waals surface area contributed by atoms with Crippen LogP contribution in [0, 0.1) is 55.3 Å². The van der Waals surface area contributed by atoms with Gasteiger partial charge in [-0.25, -0.2) is 4.79 Å². The van der Waals surface area contributed by atoms with Crippen LogP contribution in [0.3, 0.4) is 0 Å². The summed E-state index contributed by atoms with van der Waals surface area (Å²) in [7, 11) is 4.56. The van der Waals surface area contributed by atoms with Gasteiger partial charge in [-0.2, -0.15) is 0 Å². The molecule has 1 aliphatic carbocycles. The quantitative estimate of drug-likeness (QED) is 0.0153. The van der Waals surface area contributed by atoms with Crippen molar-refractivity contribution in [3.05, 3.63) is 64.8 Å². The van der Waals surface area contributed by atoms with E-state index in [9.17, 15) is 39.0 Å². The summed E-state index contributed by atoms with van der Waals surface area (Å²) < 4.78 is 61.2. The summed E-state index contributed by atoms with van der Waals surface area (Å²) >= 11 is 0. The molecule has 5 rings (SSSR count). The molecule has 3 heterocycles. The number of esters is 6. The average Bonchev–Trinajstić information content (AvgIpc) is 0.885. The predicted molar refractivity (Wildman–Crippen MR) is 471 cm³/mol. The number of amides is 1. The Balaban J connectivity index is 1.39. The van der Waals surface area contributed by atoms with Crippen molar-refractivity contribution in [3.8, 4) is 5.75 Å². The van der Waals surface area contributed by atoms with Crippen LogP contribution in [0.15, 0.2) is 48.1 Å². The van der Waals surface area contributed by atoms with E-state index in [0.717, 1.165) is 54.6 Å². The Hall–Kier alpha value is -6.17. The van der Waals surface area contributed by atoms with E-state index in [1.165, 1.54) is 137 Å². The number of aliphatic hydroxyl groups is 2. The highest BCUT2D eigenvalue weighted by Crippen LogP contribution is 2.43. The number of piperidine rings is 1. The molecule has 1 saturated carbocycles. The van der Waals surface area contributed by atoms with E-state index in [4.69, 9.17) is 47.4 Å². The normalized spacial score (nSPS) is 26.0. The highest BCUT2D eigenvalue weighted by Gasteiger charge is 2.57. The second-order valence-corrected chi connectivity index (χ2v) is 37.1. The average molecular weight is 1700 g/mol. The topological polar surface area (TPSA) is 290 Å². The molecule has 3 fully saturated rings. The van der Waals surface area contributed by atoms with Crippen molar-refractivity contribution < 1.29 is 101 Å². The number of carbonyl (C=O) groups excluding carboxylic acids is 9. The van der Waals surface area contributed by atoms with Gasteiger partial charge in [-0.05, 0) is 146 Å². The number of fused-ring (bicyclic) bond motifs is 3. The zero-order valence-corrected chi connectivity index (χ0v) is 77.5. The van der Waals surface area contributed by atoms with E-state index >= 15 is 14.4 Å². The first-order valence-electron chi connectivity index (χ1n) is 47.0. The Morgan fingerprint density at radius 3 is 1.70 bits per heavy atom. The van der Waals surface area contributed by atoms with Crippen molar-refractivity contribution in [2.24, 2.45) is 41.4 Å². The molecule has 4 aliphatic rings. The van der Waals surface area contributed by atoms with Gasteiger partial charge in [0.15, 0.2) is 6.10 Å². The number of ketones is 2. The molecule has 2 bridgehead atoms. The number of methoxy groups -OCH3 is 3. The molecule has 22 nitrogen and oxygen atoms in total. The Labute approximate surface area is 727 Å². The molecule has 2 N–H and O–H groups in total. The van der Waals surface area contributed by atoms with E-state index in [2.05, 4.69) is 20.4 Å². The van der Waals surface area contributed by atoms with Crippen LogP contribution in [-0.2, 0) is 91.2 Å². The van der Waals surface area contributed by atoms with Crippen molar-refractivity contribution >= 4 is 53.3 Å². The molecule has 0 spiro atoms. The first-order valence-corrected chi connectivity index (χ1v) is 47.0. The van der Waals surface area contributed by atoms with Gasteiger partial charge in [0.25, 0.3) is 11.7 Å². The summed E-state index contributed by atoms with van der Waals surface area (Å²) in [6.07, 6.45) is 32.1. The van der Waals surface area contributed by atoms with Gasteiger partial charge in [0.2, 0.25) is 5.79 Å². The lowest BCUT2D eigenvalue weighted by Gasteiger charge is -2.47. The van der Waals surface area contributed by atoms with Crippen LogP contribution in [0.4, 0.5) is 0 Å². The van der Waals surface area contributed by atoms with E-state index in [1.807, 2.05) is 59.8 Å². The minimum absolute atomic E-state index is 0.0125. The van der Waals surface area contributed by atoms with E-state index in [1.54, 1.807) is 46.8 Å². The fourth-order valence-corrected chi connectivity index (χ4v) is 18.5. The second kappa shape index (κ2) is 56.0. The van der Waals surface area contributed by atoms with Gasteiger partial charge in [0.05, 0.1) is 42.7 Å². The second-order valence-electron chi connectivity index (χ2n) is 37.1. The summed E-state index contributed by atoms with van der Waals surface area (Å²) in [6, 6.07) is 2.33. The third kappa shape index (κ3) is 36.0. The first-order chi connectivity index (χ1) is 57.7. The summed E-state index contributed by atoms with van der Waals surface area (Å²) in [5.41, 5.74) is 2.23. The molecule has 22 heteroatoms. The van der Waals surface area contributed by atoms with Gasteiger partial charge in [-0.1, -0.05) is 246 Å². The monoisotopic (exact) mass is 1700 g/mol. The first kappa shape index (κ1) is 105. The molecule has 2 saturated heterocycles. The summed E-state index contributed by atoms with van der Waals surface area (Å²) in [4.78, 5) is 132. The van der Waals surface area contributed by atoms with Gasteiger partial charge < -0.3 is 62.5 Å². The third-order valence-corrected chi connectivity index (χ3v) is 25.7. The SMILES string of the molecule is C=CC[C@@H]1/C=C(\C)C[C@H](C)C[C@H](OC)C2O[C@@](O)(C(=O)C(=O)N3CCCC[C@H]3C(=O)O[C@H](/C(C)=C/[C@@H]3CC[C@@H](O)[C@H](OC)C3)[C@H](C)[C@@H](OC(=O)CC(C)(C)c3c(C)cc(C)cc3OC(=O)C(C)CC(C)C(=O)OC(COC(=O)CCCCCCCCCCCCCCC)COC(=O)CCCCCCCCCCCCCCC)CC1=O)[C@H](C)C[C@@H]2OC. The van der Waals surface area contributed by atoms with Crippen molar-refractivity contribution in [2.75, 3.05) is 41.1 Å². The van der Waals surface area contributed by atoms with Crippen LogP contribution < -0.4 is 4.74 Å². The molecule has 3 aliphatic heterocycles. The Bertz CT molecular complexity index is 3350. The Kier molecular flexibility index (Phi) is 48.8. The van der Waals surface area contributed by atoms with Gasteiger partial charge >= 0.3 is 35.8 Å². The van der Waals surface area contributed by atoms with Crippen molar-refractivity contribution in [3.63, 3.8) is 0 Å². The number of allylic oxidation sites excluding steroid dienone is 4. The molecular formula is C99H161NO21. The summed E-state index contributed by atoms with van der Waals surface area (Å²) in [5.74, 6) is -13.6. The van der Waals surface area contributed by atoms with Crippen LogP contribution in [0.1, 0.15) is 356 Å². The highest BCUT2D eigenvalue weighted by molar-refractivity contribution is 6.39. The molecule has 688 valence electrons. The molecule has 0 radical (unpaired) electrons. The number of unbranched alkanes of at least 4 members (excludes halogenated alkanes) is 24. The number of nitrogens with zero attached hydrogens (tertiary/aromatic N) is 1. The lowest BCUT2D eigenvalue weighted by molar-refractivity contribution is -0.302. The van der Waals surface area contributed by atoms with Crippen LogP contribution >= 0.6 is 0 Å². The molecule has 16 atom stereocenters. The number of carbonyl (C=O) groups is 9. The molecule has 121 heavy (non-hydrogen) atoms. The molecule has 3 unspecified atom stereocenters. The summed E-state index contributed by atoms with van der Waals surface area (Å²) in [6.45, 7) is 27.6. The van der Waals surface area contributed by atoms with Crippen molar-refractivity contribution in [2.45, 2.75) is 419 Å². The molecular weight excluding hydrogens is 1540 g/mol. The fourth-order valence-electron chi connectivity index (χ4n) is 18.5. The number of benzene rings is 1. The lowest BCUT2D eigenvalue weighted by atomic mass is 9.78. The molecule has 1 aromatic rings. The Morgan fingerprint density at radius 2 is 1.17 bits per heavy atom. The minimum atomic E-state index is -2.63. The zero-order valence-electron chi connectivity index (χ0n) is 77.5. The molecule has 1 aromatic carbocycles. The maximum atomic E-state index is 15.4. The largest absolute Gasteiger partial charge is 0.462 e. The number of Topliss-reactive ketones (excluding diaryl/α,β-unsaturated/α-hetero) is 2. The minimum Gasteiger partial charge on any atom is -0.462 e. The van der Waals surface area contributed by atoms with Crippen molar-refractivity contribution in [1.82, 2.24) is 4.90 Å². The number of hydrogen-bond donors (Lipinski definition) is 2. The predicted octanol–water partition coefficient (Wildman–Crippen LogP) is 19.7. The third-order valence-electron chi connectivity index (χ3n) is 25.7. The fraction of sp³-hybridized carbons (Fsp3) is 0.788. The van der Waals surface area contributed by atoms with E-state index in [0.29, 0.717) is 74.5 Å². The summed E-state index contributed by atoms with van der Waals surface area (Å²) in [5, 5.41) is 23.4.